The summed E-state index contributed by atoms with van der Waals surface area (Å²) in [7, 11) is 0. The van der Waals surface area contributed by atoms with Crippen molar-refractivity contribution in [2.24, 2.45) is 0 Å². The normalized spacial score (nSPS) is 21.8. The Morgan fingerprint density at radius 1 is 1.25 bits per heavy atom. The molecule has 3 amide bonds. The first-order valence-electron chi connectivity index (χ1n) is 8.43. The number of aliphatic hydroxyl groups excluding tert-OH is 1. The Hall–Kier alpha value is -2.08. The number of hydrogen-bond acceptors (Lipinski definition) is 4. The standard InChI is InChI=1S/C18H26N2O4/c1-4-10-18(3)16(22)20(17(23)19-18)11-14(21)12-24-15-8-6-13(5-2)7-9-15/h6-9,14,21H,4-5,10-12H2,1-3H3,(H,19,23). The molecule has 1 fully saturated rings. The van der Waals surface area contributed by atoms with E-state index in [1.165, 1.54) is 5.56 Å². The van der Waals surface area contributed by atoms with Gasteiger partial charge < -0.3 is 15.2 Å². The van der Waals surface area contributed by atoms with Crippen LogP contribution in [-0.4, -0.2) is 46.7 Å². The number of hydrogen-bond donors (Lipinski definition) is 2. The first kappa shape index (κ1) is 18.3. The number of rotatable bonds is 8. The Morgan fingerprint density at radius 3 is 2.50 bits per heavy atom. The summed E-state index contributed by atoms with van der Waals surface area (Å²) in [5.41, 5.74) is 0.333. The van der Waals surface area contributed by atoms with Crippen molar-refractivity contribution in [1.82, 2.24) is 10.2 Å². The average Bonchev–Trinajstić information content (AvgIpc) is 2.77. The van der Waals surface area contributed by atoms with Gasteiger partial charge in [-0.05, 0) is 37.5 Å². The summed E-state index contributed by atoms with van der Waals surface area (Å²) in [6.45, 7) is 5.70. The average molecular weight is 334 g/mol. The Kier molecular flexibility index (Phi) is 5.83. The first-order chi connectivity index (χ1) is 11.4. The van der Waals surface area contributed by atoms with Crippen molar-refractivity contribution in [3.05, 3.63) is 29.8 Å². The molecule has 2 rings (SSSR count). The van der Waals surface area contributed by atoms with Crippen LogP contribution in [0.15, 0.2) is 24.3 Å². The molecule has 0 spiro atoms. The molecule has 0 aromatic heterocycles. The third kappa shape index (κ3) is 4.06. The second-order valence-electron chi connectivity index (χ2n) is 6.39. The molecular formula is C18H26N2O4. The fourth-order valence-electron chi connectivity index (χ4n) is 2.86. The highest BCUT2D eigenvalue weighted by Crippen LogP contribution is 2.22. The molecule has 1 heterocycles. The summed E-state index contributed by atoms with van der Waals surface area (Å²) in [5, 5.41) is 12.8. The third-order valence-corrected chi connectivity index (χ3v) is 4.26. The maximum atomic E-state index is 12.4. The van der Waals surface area contributed by atoms with Gasteiger partial charge in [-0.1, -0.05) is 32.4 Å². The van der Waals surface area contributed by atoms with Crippen molar-refractivity contribution < 1.29 is 19.4 Å². The molecule has 2 atom stereocenters. The van der Waals surface area contributed by atoms with Crippen LogP contribution in [0.2, 0.25) is 0 Å². The van der Waals surface area contributed by atoms with Gasteiger partial charge in [0.25, 0.3) is 5.91 Å². The second kappa shape index (κ2) is 7.66. The molecule has 1 aliphatic heterocycles. The van der Waals surface area contributed by atoms with Gasteiger partial charge in [0.15, 0.2) is 0 Å². The molecule has 0 radical (unpaired) electrons. The maximum absolute atomic E-state index is 12.4. The summed E-state index contributed by atoms with van der Waals surface area (Å²) < 4.78 is 5.53. The van der Waals surface area contributed by atoms with Gasteiger partial charge in [0.05, 0.1) is 6.54 Å². The van der Waals surface area contributed by atoms with Crippen LogP contribution in [0.25, 0.3) is 0 Å². The van der Waals surface area contributed by atoms with Gasteiger partial charge in [-0.3, -0.25) is 9.69 Å². The summed E-state index contributed by atoms with van der Waals surface area (Å²) in [5.74, 6) is 0.361. The topological polar surface area (TPSA) is 78.9 Å². The number of urea groups is 1. The highest BCUT2D eigenvalue weighted by Gasteiger charge is 2.47. The number of aryl methyl sites for hydroxylation is 1. The van der Waals surface area contributed by atoms with E-state index in [2.05, 4.69) is 12.2 Å². The van der Waals surface area contributed by atoms with E-state index in [1.807, 2.05) is 31.2 Å². The lowest BCUT2D eigenvalue weighted by atomic mass is 9.96. The molecule has 0 bridgehead atoms. The minimum Gasteiger partial charge on any atom is -0.491 e. The number of β-amino-alcohol motifs (C(OH)–C–C–N with tert-alkyl or cyclic N) is 1. The first-order valence-corrected chi connectivity index (χ1v) is 8.43. The van der Waals surface area contributed by atoms with E-state index >= 15 is 0 Å². The van der Waals surface area contributed by atoms with Crippen molar-refractivity contribution >= 4 is 11.9 Å². The van der Waals surface area contributed by atoms with Gasteiger partial charge in [-0.25, -0.2) is 4.79 Å². The Morgan fingerprint density at radius 2 is 1.92 bits per heavy atom. The number of aliphatic hydroxyl groups is 1. The Bertz CT molecular complexity index is 587. The molecule has 132 valence electrons. The third-order valence-electron chi connectivity index (χ3n) is 4.26. The molecule has 0 aliphatic carbocycles. The fourth-order valence-corrected chi connectivity index (χ4v) is 2.86. The van der Waals surface area contributed by atoms with Crippen LogP contribution in [0.1, 0.15) is 39.2 Å². The number of nitrogens with one attached hydrogen (secondary N) is 1. The van der Waals surface area contributed by atoms with E-state index in [9.17, 15) is 14.7 Å². The quantitative estimate of drug-likeness (QED) is 0.714. The molecule has 1 aliphatic rings. The van der Waals surface area contributed by atoms with Gasteiger partial charge in [-0.15, -0.1) is 0 Å². The van der Waals surface area contributed by atoms with Gasteiger partial charge in [0.2, 0.25) is 0 Å². The molecular weight excluding hydrogens is 308 g/mol. The Balaban J connectivity index is 1.88. The summed E-state index contributed by atoms with van der Waals surface area (Å²) in [4.78, 5) is 25.5. The zero-order chi connectivity index (χ0) is 17.7. The van der Waals surface area contributed by atoms with Gasteiger partial charge in [-0.2, -0.15) is 0 Å². The van der Waals surface area contributed by atoms with E-state index in [0.717, 1.165) is 17.7 Å². The minimum absolute atomic E-state index is 0.0209. The molecule has 2 N–H and O–H groups in total. The molecule has 2 unspecified atom stereocenters. The minimum atomic E-state index is -0.936. The van der Waals surface area contributed by atoms with E-state index in [1.54, 1.807) is 6.92 Å². The van der Waals surface area contributed by atoms with Crippen LogP contribution < -0.4 is 10.1 Å². The molecule has 1 aromatic rings. The summed E-state index contributed by atoms with van der Waals surface area (Å²) in [6.07, 6.45) is 1.38. The molecule has 6 heteroatoms. The smallest absolute Gasteiger partial charge is 0.325 e. The number of benzene rings is 1. The lowest BCUT2D eigenvalue weighted by molar-refractivity contribution is -0.132. The summed E-state index contributed by atoms with van der Waals surface area (Å²) >= 11 is 0. The van der Waals surface area contributed by atoms with Crippen molar-refractivity contribution in [3.8, 4) is 5.75 Å². The summed E-state index contributed by atoms with van der Waals surface area (Å²) in [6, 6.07) is 7.17. The number of carbonyl (C=O) groups is 2. The number of carbonyl (C=O) groups excluding carboxylic acids is 2. The van der Waals surface area contributed by atoms with Gasteiger partial charge in [0.1, 0.15) is 24.0 Å². The largest absolute Gasteiger partial charge is 0.491 e. The van der Waals surface area contributed by atoms with Crippen molar-refractivity contribution in [2.75, 3.05) is 13.2 Å². The van der Waals surface area contributed by atoms with Crippen LogP contribution in [0.3, 0.4) is 0 Å². The van der Waals surface area contributed by atoms with Gasteiger partial charge in [0, 0.05) is 0 Å². The predicted molar refractivity (Wildman–Crippen MR) is 90.9 cm³/mol. The van der Waals surface area contributed by atoms with Crippen LogP contribution in [0.5, 0.6) is 5.75 Å². The number of imide groups is 1. The van der Waals surface area contributed by atoms with Gasteiger partial charge >= 0.3 is 6.03 Å². The zero-order valence-corrected chi connectivity index (χ0v) is 14.5. The lowest BCUT2D eigenvalue weighted by Crippen LogP contribution is -2.44. The highest BCUT2D eigenvalue weighted by molar-refractivity contribution is 6.06. The Labute approximate surface area is 142 Å². The van der Waals surface area contributed by atoms with Crippen LogP contribution in [0.4, 0.5) is 4.79 Å². The highest BCUT2D eigenvalue weighted by atomic mass is 16.5. The zero-order valence-electron chi connectivity index (χ0n) is 14.5. The molecule has 24 heavy (non-hydrogen) atoms. The molecule has 6 nitrogen and oxygen atoms in total. The SMILES string of the molecule is CCCC1(C)NC(=O)N(CC(O)COc2ccc(CC)cc2)C1=O. The van der Waals surface area contributed by atoms with Crippen LogP contribution >= 0.6 is 0 Å². The fraction of sp³-hybridized carbons (Fsp3) is 0.556. The molecule has 1 saturated heterocycles. The van der Waals surface area contributed by atoms with Crippen molar-refractivity contribution in [1.29, 1.82) is 0 Å². The maximum Gasteiger partial charge on any atom is 0.325 e. The van der Waals surface area contributed by atoms with Crippen molar-refractivity contribution in [2.45, 2.75) is 51.7 Å². The van der Waals surface area contributed by atoms with E-state index in [0.29, 0.717) is 12.2 Å². The van der Waals surface area contributed by atoms with E-state index in [4.69, 9.17) is 4.74 Å². The number of amides is 3. The van der Waals surface area contributed by atoms with Crippen LogP contribution in [-0.2, 0) is 11.2 Å². The lowest BCUT2D eigenvalue weighted by Gasteiger charge is -2.22. The number of ether oxygens (including phenoxy) is 1. The predicted octanol–water partition coefficient (Wildman–Crippen LogP) is 2.10. The molecule has 0 saturated carbocycles. The van der Waals surface area contributed by atoms with E-state index in [-0.39, 0.29) is 19.1 Å². The monoisotopic (exact) mass is 334 g/mol. The van der Waals surface area contributed by atoms with E-state index < -0.39 is 17.7 Å². The number of nitrogens with zero attached hydrogens (tertiary/aromatic N) is 1. The van der Waals surface area contributed by atoms with Crippen LogP contribution in [0, 0.1) is 0 Å². The van der Waals surface area contributed by atoms with Crippen molar-refractivity contribution in [3.63, 3.8) is 0 Å². The molecule has 1 aromatic carbocycles. The second-order valence-corrected chi connectivity index (χ2v) is 6.39.